The van der Waals surface area contributed by atoms with Gasteiger partial charge in [-0.2, -0.15) is 0 Å². The molecule has 17 heavy (non-hydrogen) atoms. The van der Waals surface area contributed by atoms with Crippen LogP contribution in [0.2, 0.25) is 0 Å². The minimum Gasteiger partial charge on any atom is -0.394 e. The van der Waals surface area contributed by atoms with Crippen molar-refractivity contribution >= 4 is 29.4 Å². The molecule has 0 aromatic carbocycles. The van der Waals surface area contributed by atoms with E-state index in [4.69, 9.17) is 5.73 Å². The number of pyridine rings is 1. The quantitative estimate of drug-likeness (QED) is 0.794. The van der Waals surface area contributed by atoms with Crippen molar-refractivity contribution in [3.63, 3.8) is 0 Å². The van der Waals surface area contributed by atoms with Gasteiger partial charge >= 0.3 is 0 Å². The molecule has 1 aliphatic rings. The van der Waals surface area contributed by atoms with Gasteiger partial charge in [0, 0.05) is 19.3 Å². The summed E-state index contributed by atoms with van der Waals surface area (Å²) in [5.41, 5.74) is 7.66. The molecule has 6 heteroatoms. The number of hydrogen-bond acceptors (Lipinski definition) is 4. The molecular formula is C11H15ClN4O. The summed E-state index contributed by atoms with van der Waals surface area (Å²) in [6, 6.07) is 5.80. The summed E-state index contributed by atoms with van der Waals surface area (Å²) in [5.74, 6) is 0.780. The number of hydrogen-bond donors (Lipinski definition) is 2. The number of aliphatic hydroxyl groups is 1. The fourth-order valence-corrected chi connectivity index (χ4v) is 2.17. The minimum absolute atomic E-state index is 0. The van der Waals surface area contributed by atoms with E-state index in [9.17, 15) is 5.11 Å². The second-order valence-electron chi connectivity index (χ2n) is 4.16. The molecule has 3 N–H and O–H groups in total. The van der Waals surface area contributed by atoms with Crippen LogP contribution in [0.3, 0.4) is 0 Å². The molecule has 92 valence electrons. The first-order valence-corrected chi connectivity index (χ1v) is 5.41. The lowest BCUT2D eigenvalue weighted by Gasteiger charge is -2.14. The molecule has 3 rings (SSSR count). The van der Waals surface area contributed by atoms with Crippen molar-refractivity contribution in [1.29, 1.82) is 0 Å². The number of aromatic nitrogens is 2. The number of rotatable bonds is 1. The molecule has 1 fully saturated rings. The van der Waals surface area contributed by atoms with Crippen molar-refractivity contribution in [3.05, 3.63) is 24.4 Å². The van der Waals surface area contributed by atoms with Gasteiger partial charge < -0.3 is 15.7 Å². The van der Waals surface area contributed by atoms with Crippen LogP contribution in [-0.2, 0) is 0 Å². The van der Waals surface area contributed by atoms with E-state index >= 15 is 0 Å². The van der Waals surface area contributed by atoms with Crippen LogP contribution >= 0.6 is 12.4 Å². The Morgan fingerprint density at radius 2 is 2.24 bits per heavy atom. The first-order valence-electron chi connectivity index (χ1n) is 5.41. The van der Waals surface area contributed by atoms with E-state index in [0.717, 1.165) is 24.3 Å². The van der Waals surface area contributed by atoms with Gasteiger partial charge in [0.05, 0.1) is 11.6 Å². The van der Waals surface area contributed by atoms with Gasteiger partial charge in [0.1, 0.15) is 5.69 Å². The van der Waals surface area contributed by atoms with Gasteiger partial charge in [-0.05, 0) is 18.6 Å². The predicted octanol–water partition coefficient (Wildman–Crippen LogP) is 0.909. The van der Waals surface area contributed by atoms with E-state index in [0.29, 0.717) is 12.2 Å². The number of nitrogen functional groups attached to an aromatic ring is 1. The van der Waals surface area contributed by atoms with E-state index in [2.05, 4.69) is 5.10 Å². The Kier molecular flexibility index (Phi) is 3.13. The highest BCUT2D eigenvalue weighted by Gasteiger charge is 2.24. The smallest absolute Gasteiger partial charge is 0.175 e. The van der Waals surface area contributed by atoms with E-state index < -0.39 is 0 Å². The summed E-state index contributed by atoms with van der Waals surface area (Å²) in [4.78, 5) is 2.03. The van der Waals surface area contributed by atoms with E-state index in [1.807, 2.05) is 29.3 Å². The fourth-order valence-electron chi connectivity index (χ4n) is 2.17. The first-order chi connectivity index (χ1) is 7.75. The zero-order valence-electron chi connectivity index (χ0n) is 9.28. The largest absolute Gasteiger partial charge is 0.394 e. The summed E-state index contributed by atoms with van der Waals surface area (Å²) < 4.78 is 1.77. The van der Waals surface area contributed by atoms with Gasteiger partial charge in [0.15, 0.2) is 5.82 Å². The molecule has 0 bridgehead atoms. The predicted molar refractivity (Wildman–Crippen MR) is 69.7 cm³/mol. The fraction of sp³-hybridized carbons (Fsp3) is 0.364. The SMILES string of the molecule is Cl.Nc1c(N2CCC(O)C2)nn2ccccc12. The molecule has 1 saturated heterocycles. The Labute approximate surface area is 105 Å². The highest BCUT2D eigenvalue weighted by atomic mass is 35.5. The molecule has 1 unspecified atom stereocenters. The second kappa shape index (κ2) is 4.43. The van der Waals surface area contributed by atoms with Gasteiger partial charge in [0.25, 0.3) is 0 Å². The third-order valence-corrected chi connectivity index (χ3v) is 3.02. The highest BCUT2D eigenvalue weighted by Crippen LogP contribution is 2.28. The van der Waals surface area contributed by atoms with Crippen LogP contribution in [0.15, 0.2) is 24.4 Å². The van der Waals surface area contributed by atoms with Crippen molar-refractivity contribution in [2.75, 3.05) is 23.7 Å². The third-order valence-electron chi connectivity index (χ3n) is 3.02. The standard InChI is InChI=1S/C11H14N4O.ClH/c12-10-9-3-1-2-5-15(9)13-11(10)14-6-4-8(16)7-14;/h1-3,5,8,16H,4,6-7,12H2;1H. The molecular weight excluding hydrogens is 240 g/mol. The van der Waals surface area contributed by atoms with Crippen LogP contribution in [0.4, 0.5) is 11.5 Å². The maximum atomic E-state index is 9.51. The Morgan fingerprint density at radius 3 is 2.88 bits per heavy atom. The summed E-state index contributed by atoms with van der Waals surface area (Å²) >= 11 is 0. The lowest BCUT2D eigenvalue weighted by atomic mass is 10.3. The maximum Gasteiger partial charge on any atom is 0.175 e. The van der Waals surface area contributed by atoms with Crippen molar-refractivity contribution in [1.82, 2.24) is 9.61 Å². The van der Waals surface area contributed by atoms with Gasteiger partial charge in [0.2, 0.25) is 0 Å². The Hall–Kier alpha value is -1.46. The number of halogens is 1. The minimum atomic E-state index is -0.260. The number of β-amino-alcohol motifs (C(OH)–C–C–N with tert-alkyl or cyclic N) is 1. The van der Waals surface area contributed by atoms with Crippen molar-refractivity contribution in [2.45, 2.75) is 12.5 Å². The molecule has 2 aromatic rings. The molecule has 0 spiro atoms. The van der Waals surface area contributed by atoms with Crippen LogP contribution in [-0.4, -0.2) is 33.9 Å². The summed E-state index contributed by atoms with van der Waals surface area (Å²) in [5, 5.41) is 13.9. The number of aliphatic hydroxyl groups excluding tert-OH is 1. The molecule has 0 amide bonds. The lowest BCUT2D eigenvalue weighted by molar-refractivity contribution is 0.198. The van der Waals surface area contributed by atoms with Gasteiger partial charge in [-0.25, -0.2) is 4.52 Å². The summed E-state index contributed by atoms with van der Waals surface area (Å²) in [6.07, 6.45) is 2.40. The van der Waals surface area contributed by atoms with Crippen molar-refractivity contribution < 1.29 is 5.11 Å². The van der Waals surface area contributed by atoms with Gasteiger partial charge in [-0.1, -0.05) is 6.07 Å². The molecule has 1 aliphatic heterocycles. The Bertz CT molecular complexity index is 527. The van der Waals surface area contributed by atoms with Crippen molar-refractivity contribution in [3.8, 4) is 0 Å². The van der Waals surface area contributed by atoms with Crippen LogP contribution in [0.25, 0.3) is 5.52 Å². The molecule has 0 saturated carbocycles. The number of fused-ring (bicyclic) bond motifs is 1. The third kappa shape index (κ3) is 1.92. The Balaban J connectivity index is 0.00000108. The van der Waals surface area contributed by atoms with Gasteiger partial charge in [-0.3, -0.25) is 0 Å². The first kappa shape index (κ1) is 12.0. The average Bonchev–Trinajstić information content (AvgIpc) is 2.84. The number of nitrogens with two attached hydrogens (primary N) is 1. The average molecular weight is 255 g/mol. The number of anilines is 2. The van der Waals surface area contributed by atoms with Crippen LogP contribution < -0.4 is 10.6 Å². The van der Waals surface area contributed by atoms with Crippen molar-refractivity contribution in [2.24, 2.45) is 0 Å². The maximum absolute atomic E-state index is 9.51. The highest BCUT2D eigenvalue weighted by molar-refractivity contribution is 5.85. The van der Waals surface area contributed by atoms with E-state index in [1.54, 1.807) is 4.52 Å². The molecule has 1 atom stereocenters. The lowest BCUT2D eigenvalue weighted by Crippen LogP contribution is -2.22. The second-order valence-corrected chi connectivity index (χ2v) is 4.16. The van der Waals surface area contributed by atoms with Crippen LogP contribution in [0.5, 0.6) is 0 Å². The van der Waals surface area contributed by atoms with Crippen LogP contribution in [0.1, 0.15) is 6.42 Å². The van der Waals surface area contributed by atoms with Crippen LogP contribution in [0, 0.1) is 0 Å². The molecule has 5 nitrogen and oxygen atoms in total. The molecule has 0 radical (unpaired) electrons. The van der Waals surface area contributed by atoms with E-state index in [1.165, 1.54) is 0 Å². The number of nitrogens with zero attached hydrogens (tertiary/aromatic N) is 3. The zero-order valence-corrected chi connectivity index (χ0v) is 10.1. The Morgan fingerprint density at radius 1 is 1.41 bits per heavy atom. The molecule has 3 heterocycles. The zero-order chi connectivity index (χ0) is 11.1. The topological polar surface area (TPSA) is 66.8 Å². The monoisotopic (exact) mass is 254 g/mol. The van der Waals surface area contributed by atoms with Gasteiger partial charge in [-0.15, -0.1) is 17.5 Å². The molecule has 0 aliphatic carbocycles. The summed E-state index contributed by atoms with van der Waals surface area (Å²) in [6.45, 7) is 1.43. The summed E-state index contributed by atoms with van der Waals surface area (Å²) in [7, 11) is 0. The normalized spacial score (nSPS) is 19.6. The van der Waals surface area contributed by atoms with E-state index in [-0.39, 0.29) is 18.5 Å². The molecule has 2 aromatic heterocycles.